The SMILES string of the molecule is Cc1ccc2c(c1)C1c3ccccc3C(C(C)/N=C\2)C1C. The highest BCUT2D eigenvalue weighted by atomic mass is 14.8. The minimum Gasteiger partial charge on any atom is -0.289 e. The van der Waals surface area contributed by atoms with E-state index in [-0.39, 0.29) is 0 Å². The summed E-state index contributed by atoms with van der Waals surface area (Å²) in [5, 5.41) is 0. The van der Waals surface area contributed by atoms with Gasteiger partial charge in [0.15, 0.2) is 0 Å². The van der Waals surface area contributed by atoms with E-state index in [1.807, 2.05) is 0 Å². The Hall–Kier alpha value is -1.89. The Morgan fingerprint density at radius 2 is 1.67 bits per heavy atom. The zero-order valence-electron chi connectivity index (χ0n) is 12.9. The standard InChI is InChI=1S/C20H21N/c1-12-8-9-15-11-21-14(3)19-13(2)20(18(15)10-12)17-7-5-4-6-16(17)19/h4-11,13-14,19-20H,1-3H3/b21-11-. The summed E-state index contributed by atoms with van der Waals surface area (Å²) in [5.74, 6) is 1.65. The molecular weight excluding hydrogens is 254 g/mol. The molecule has 2 bridgehead atoms. The first-order valence-corrected chi connectivity index (χ1v) is 7.89. The van der Waals surface area contributed by atoms with Crippen LogP contribution in [-0.4, -0.2) is 12.3 Å². The number of hydrogen-bond donors (Lipinski definition) is 0. The molecule has 1 aliphatic carbocycles. The fraction of sp³-hybridized carbons (Fsp3) is 0.350. The molecular formula is C20H21N. The monoisotopic (exact) mass is 275 g/mol. The molecule has 0 aromatic heterocycles. The van der Waals surface area contributed by atoms with Crippen LogP contribution in [0.4, 0.5) is 0 Å². The highest BCUT2D eigenvalue weighted by Gasteiger charge is 2.42. The van der Waals surface area contributed by atoms with Crippen LogP contribution in [0, 0.1) is 12.8 Å². The van der Waals surface area contributed by atoms with Crippen LogP contribution >= 0.6 is 0 Å². The molecule has 1 heterocycles. The summed E-state index contributed by atoms with van der Waals surface area (Å²) >= 11 is 0. The van der Waals surface area contributed by atoms with Gasteiger partial charge in [-0.2, -0.15) is 0 Å². The largest absolute Gasteiger partial charge is 0.289 e. The lowest BCUT2D eigenvalue weighted by Gasteiger charge is -2.28. The van der Waals surface area contributed by atoms with Crippen molar-refractivity contribution in [2.75, 3.05) is 0 Å². The van der Waals surface area contributed by atoms with E-state index in [0.29, 0.717) is 23.8 Å². The number of hydrogen-bond acceptors (Lipinski definition) is 1. The molecule has 106 valence electrons. The van der Waals surface area contributed by atoms with E-state index < -0.39 is 0 Å². The first-order chi connectivity index (χ1) is 10.2. The van der Waals surface area contributed by atoms with Crippen molar-refractivity contribution in [3.05, 3.63) is 70.3 Å². The van der Waals surface area contributed by atoms with Crippen molar-refractivity contribution in [1.82, 2.24) is 0 Å². The van der Waals surface area contributed by atoms with E-state index in [0.717, 1.165) is 0 Å². The fourth-order valence-electron chi connectivity index (χ4n) is 4.39. The Bertz CT molecular complexity index is 728. The Labute approximate surface area is 126 Å². The molecule has 0 saturated carbocycles. The van der Waals surface area contributed by atoms with Crippen molar-refractivity contribution >= 4 is 6.21 Å². The second-order valence-corrected chi connectivity index (χ2v) is 6.64. The molecule has 0 N–H and O–H groups in total. The van der Waals surface area contributed by atoms with E-state index in [1.54, 1.807) is 0 Å². The van der Waals surface area contributed by atoms with Crippen LogP contribution in [0.1, 0.15) is 53.5 Å². The van der Waals surface area contributed by atoms with Crippen LogP contribution in [0.25, 0.3) is 0 Å². The van der Waals surface area contributed by atoms with Gasteiger partial charge in [-0.1, -0.05) is 55.0 Å². The summed E-state index contributed by atoms with van der Waals surface area (Å²) in [4.78, 5) is 4.86. The van der Waals surface area contributed by atoms with Crippen molar-refractivity contribution in [3.8, 4) is 0 Å². The maximum absolute atomic E-state index is 4.86. The van der Waals surface area contributed by atoms with E-state index >= 15 is 0 Å². The fourth-order valence-corrected chi connectivity index (χ4v) is 4.39. The molecule has 1 nitrogen and oxygen atoms in total. The Morgan fingerprint density at radius 1 is 0.905 bits per heavy atom. The summed E-state index contributed by atoms with van der Waals surface area (Å²) in [6.45, 7) is 6.84. The predicted octanol–water partition coefficient (Wildman–Crippen LogP) is 4.68. The van der Waals surface area contributed by atoms with Crippen molar-refractivity contribution in [3.63, 3.8) is 0 Å². The molecule has 0 radical (unpaired) electrons. The maximum atomic E-state index is 4.86. The zero-order chi connectivity index (χ0) is 14.6. The molecule has 0 saturated heterocycles. The smallest absolute Gasteiger partial charge is 0.0543 e. The topological polar surface area (TPSA) is 12.4 Å². The third-order valence-corrected chi connectivity index (χ3v) is 5.33. The summed E-state index contributed by atoms with van der Waals surface area (Å²) in [6.07, 6.45) is 2.09. The molecule has 2 aliphatic rings. The van der Waals surface area contributed by atoms with Gasteiger partial charge in [-0.15, -0.1) is 0 Å². The molecule has 21 heavy (non-hydrogen) atoms. The van der Waals surface area contributed by atoms with Gasteiger partial charge < -0.3 is 0 Å². The average Bonchev–Trinajstić information content (AvgIpc) is 2.78. The van der Waals surface area contributed by atoms with E-state index in [2.05, 4.69) is 69.5 Å². The number of nitrogens with zero attached hydrogens (tertiary/aromatic N) is 1. The first-order valence-electron chi connectivity index (χ1n) is 7.89. The lowest BCUT2D eigenvalue weighted by atomic mass is 9.79. The van der Waals surface area contributed by atoms with Crippen molar-refractivity contribution < 1.29 is 0 Å². The van der Waals surface area contributed by atoms with Crippen LogP contribution in [0.5, 0.6) is 0 Å². The zero-order valence-corrected chi connectivity index (χ0v) is 12.9. The highest BCUT2D eigenvalue weighted by molar-refractivity contribution is 5.83. The van der Waals surface area contributed by atoms with E-state index in [9.17, 15) is 0 Å². The highest BCUT2D eigenvalue weighted by Crippen LogP contribution is 2.52. The number of fused-ring (bicyclic) bond motifs is 7. The van der Waals surface area contributed by atoms with Crippen molar-refractivity contribution in [2.45, 2.75) is 38.6 Å². The van der Waals surface area contributed by atoms with Crippen LogP contribution in [-0.2, 0) is 0 Å². The Morgan fingerprint density at radius 3 is 2.48 bits per heavy atom. The van der Waals surface area contributed by atoms with Gasteiger partial charge in [-0.05, 0) is 42.0 Å². The minimum atomic E-state index is 0.348. The first kappa shape index (κ1) is 12.8. The number of benzene rings is 2. The van der Waals surface area contributed by atoms with E-state index in [1.165, 1.54) is 27.8 Å². The summed E-state index contributed by atoms with van der Waals surface area (Å²) in [7, 11) is 0. The second-order valence-electron chi connectivity index (χ2n) is 6.64. The lowest BCUT2D eigenvalue weighted by Crippen LogP contribution is -2.21. The summed E-state index contributed by atoms with van der Waals surface area (Å²) < 4.78 is 0. The van der Waals surface area contributed by atoms with Gasteiger partial charge in [0.25, 0.3) is 0 Å². The van der Waals surface area contributed by atoms with Crippen molar-refractivity contribution in [1.29, 1.82) is 0 Å². The number of rotatable bonds is 0. The molecule has 4 unspecified atom stereocenters. The molecule has 1 heteroatoms. The van der Waals surface area contributed by atoms with Gasteiger partial charge in [0.2, 0.25) is 0 Å². The van der Waals surface area contributed by atoms with Crippen LogP contribution in [0.15, 0.2) is 47.5 Å². The van der Waals surface area contributed by atoms with Gasteiger partial charge in [0.05, 0.1) is 6.04 Å². The molecule has 2 aromatic carbocycles. The number of aliphatic imine (C=N–C) groups is 1. The average molecular weight is 275 g/mol. The van der Waals surface area contributed by atoms with Gasteiger partial charge in [-0.3, -0.25) is 4.99 Å². The van der Waals surface area contributed by atoms with E-state index in [4.69, 9.17) is 4.99 Å². The normalized spacial score (nSPS) is 31.0. The molecule has 4 rings (SSSR count). The molecule has 1 aliphatic heterocycles. The molecule has 4 atom stereocenters. The number of aryl methyl sites for hydroxylation is 1. The quantitative estimate of drug-likeness (QED) is 0.662. The van der Waals surface area contributed by atoms with Crippen LogP contribution < -0.4 is 0 Å². The Kier molecular flexibility index (Phi) is 2.78. The van der Waals surface area contributed by atoms with Gasteiger partial charge in [0, 0.05) is 18.1 Å². The summed E-state index contributed by atoms with van der Waals surface area (Å²) in [5.41, 5.74) is 7.10. The molecule has 0 amide bonds. The summed E-state index contributed by atoms with van der Waals surface area (Å²) in [6, 6.07) is 16.1. The van der Waals surface area contributed by atoms with Crippen LogP contribution in [0.3, 0.4) is 0 Å². The van der Waals surface area contributed by atoms with Crippen LogP contribution in [0.2, 0.25) is 0 Å². The second kappa shape index (κ2) is 4.56. The van der Waals surface area contributed by atoms with Gasteiger partial charge in [-0.25, -0.2) is 0 Å². The molecule has 0 fully saturated rings. The molecule has 0 spiro atoms. The predicted molar refractivity (Wildman–Crippen MR) is 88.4 cm³/mol. The van der Waals surface area contributed by atoms with Crippen molar-refractivity contribution in [2.24, 2.45) is 10.9 Å². The van der Waals surface area contributed by atoms with Gasteiger partial charge >= 0.3 is 0 Å². The third-order valence-electron chi connectivity index (χ3n) is 5.33. The third kappa shape index (κ3) is 1.80. The Balaban J connectivity index is 2.03. The maximum Gasteiger partial charge on any atom is 0.0543 e. The lowest BCUT2D eigenvalue weighted by molar-refractivity contribution is 0.409. The molecule has 2 aromatic rings. The minimum absolute atomic E-state index is 0.348. The van der Waals surface area contributed by atoms with Gasteiger partial charge in [0.1, 0.15) is 0 Å².